The lowest BCUT2D eigenvalue weighted by atomic mass is 10.1. The second-order valence-electron chi connectivity index (χ2n) is 4.79. The first-order chi connectivity index (χ1) is 9.74. The molecule has 3 nitrogen and oxygen atoms in total. The Morgan fingerprint density at radius 1 is 1.30 bits per heavy atom. The van der Waals surface area contributed by atoms with Crippen molar-refractivity contribution in [3.8, 4) is 0 Å². The first-order valence-corrected chi connectivity index (χ1v) is 6.84. The van der Waals surface area contributed by atoms with E-state index in [0.29, 0.717) is 19.3 Å². The fraction of sp³-hybridized carbons (Fsp3) is 0.294. The molecule has 0 saturated carbocycles. The fourth-order valence-electron chi connectivity index (χ4n) is 2.06. The zero-order valence-electron chi connectivity index (χ0n) is 11.3. The predicted molar refractivity (Wildman–Crippen MR) is 77.2 cm³/mol. The maximum Gasteiger partial charge on any atom is 0.330 e. The normalized spacial score (nSPS) is 18.2. The molecule has 0 saturated heterocycles. The number of benzene rings is 1. The number of hydrogen-bond acceptors (Lipinski definition) is 3. The number of rotatable bonds is 6. The number of hydrogen-bond donors (Lipinski definition) is 0. The molecule has 0 radical (unpaired) electrons. The number of ketones is 1. The average Bonchev–Trinajstić information content (AvgIpc) is 2.46. The maximum absolute atomic E-state index is 11.7. The highest BCUT2D eigenvalue weighted by atomic mass is 16.5. The fourth-order valence-corrected chi connectivity index (χ4v) is 2.06. The van der Waals surface area contributed by atoms with Crippen molar-refractivity contribution in [2.75, 3.05) is 0 Å². The van der Waals surface area contributed by atoms with Gasteiger partial charge in [0, 0.05) is 25.3 Å². The van der Waals surface area contributed by atoms with Gasteiger partial charge in [0.15, 0.2) is 5.78 Å². The summed E-state index contributed by atoms with van der Waals surface area (Å²) in [5.41, 5.74) is 1.17. The SMILES string of the molecule is O=C(/C=C/C[C@H]1CC=CC(=O)O1)CCc1ccccc1. The Morgan fingerprint density at radius 3 is 2.85 bits per heavy atom. The molecule has 0 spiro atoms. The van der Waals surface area contributed by atoms with Crippen LogP contribution in [0.3, 0.4) is 0 Å². The van der Waals surface area contributed by atoms with Gasteiger partial charge in [0.2, 0.25) is 0 Å². The number of aryl methyl sites for hydroxylation is 1. The summed E-state index contributed by atoms with van der Waals surface area (Å²) in [7, 11) is 0. The third kappa shape index (κ3) is 4.84. The van der Waals surface area contributed by atoms with Crippen LogP contribution in [-0.2, 0) is 20.7 Å². The summed E-state index contributed by atoms with van der Waals surface area (Å²) in [5.74, 6) is -0.198. The number of carbonyl (C=O) groups excluding carboxylic acids is 2. The van der Waals surface area contributed by atoms with Crippen LogP contribution in [0.15, 0.2) is 54.6 Å². The molecular formula is C17H18O3. The molecule has 1 heterocycles. The highest BCUT2D eigenvalue weighted by Gasteiger charge is 2.13. The third-order valence-corrected chi connectivity index (χ3v) is 3.14. The van der Waals surface area contributed by atoms with Crippen molar-refractivity contribution in [3.05, 3.63) is 60.2 Å². The summed E-state index contributed by atoms with van der Waals surface area (Å²) >= 11 is 0. The number of allylic oxidation sites excluding steroid dienone is 1. The van der Waals surface area contributed by atoms with Crippen molar-refractivity contribution in [1.82, 2.24) is 0 Å². The molecular weight excluding hydrogens is 252 g/mol. The number of esters is 1. The Labute approximate surface area is 118 Å². The standard InChI is InChI=1S/C17H18O3/c18-15(13-12-14-6-2-1-3-7-14)8-4-9-16-10-5-11-17(19)20-16/h1-8,11,16H,9-10,12-13H2/b8-4+/t16-/m0/s1. The molecule has 1 aliphatic rings. The molecule has 0 unspecified atom stereocenters. The second-order valence-corrected chi connectivity index (χ2v) is 4.79. The van der Waals surface area contributed by atoms with E-state index >= 15 is 0 Å². The van der Waals surface area contributed by atoms with E-state index < -0.39 is 0 Å². The van der Waals surface area contributed by atoms with E-state index in [1.807, 2.05) is 36.4 Å². The Bertz CT molecular complexity index is 514. The lowest BCUT2D eigenvalue weighted by Gasteiger charge is -2.16. The van der Waals surface area contributed by atoms with Gasteiger partial charge in [-0.1, -0.05) is 42.5 Å². The molecule has 1 atom stereocenters. The van der Waals surface area contributed by atoms with Crippen LogP contribution in [0, 0.1) is 0 Å². The zero-order valence-corrected chi connectivity index (χ0v) is 11.3. The smallest absolute Gasteiger partial charge is 0.330 e. The average molecular weight is 270 g/mol. The van der Waals surface area contributed by atoms with Gasteiger partial charge >= 0.3 is 5.97 Å². The van der Waals surface area contributed by atoms with Crippen LogP contribution in [0.2, 0.25) is 0 Å². The lowest BCUT2D eigenvalue weighted by molar-refractivity contribution is -0.143. The zero-order chi connectivity index (χ0) is 14.2. The van der Waals surface area contributed by atoms with E-state index in [4.69, 9.17) is 4.74 Å². The van der Waals surface area contributed by atoms with Gasteiger partial charge < -0.3 is 4.74 Å². The summed E-state index contributed by atoms with van der Waals surface area (Å²) in [6, 6.07) is 9.95. The highest BCUT2D eigenvalue weighted by molar-refractivity contribution is 5.89. The molecule has 2 rings (SSSR count). The highest BCUT2D eigenvalue weighted by Crippen LogP contribution is 2.11. The summed E-state index contributed by atoms with van der Waals surface area (Å²) in [6.07, 6.45) is 9.06. The van der Waals surface area contributed by atoms with E-state index in [1.165, 1.54) is 11.6 Å². The van der Waals surface area contributed by atoms with E-state index in [-0.39, 0.29) is 17.9 Å². The van der Waals surface area contributed by atoms with Crippen molar-refractivity contribution >= 4 is 11.8 Å². The molecule has 0 fully saturated rings. The molecule has 0 bridgehead atoms. The Morgan fingerprint density at radius 2 is 2.10 bits per heavy atom. The van der Waals surface area contributed by atoms with Crippen LogP contribution < -0.4 is 0 Å². The third-order valence-electron chi connectivity index (χ3n) is 3.14. The van der Waals surface area contributed by atoms with Crippen molar-refractivity contribution in [3.63, 3.8) is 0 Å². The van der Waals surface area contributed by atoms with Crippen LogP contribution >= 0.6 is 0 Å². The van der Waals surface area contributed by atoms with E-state index in [1.54, 1.807) is 12.2 Å². The molecule has 0 aromatic heterocycles. The van der Waals surface area contributed by atoms with Crippen molar-refractivity contribution in [2.45, 2.75) is 31.8 Å². The Hall–Kier alpha value is -2.16. The van der Waals surface area contributed by atoms with Gasteiger partial charge in [-0.3, -0.25) is 4.79 Å². The Balaban J connectivity index is 1.70. The summed E-state index contributed by atoms with van der Waals surface area (Å²) < 4.78 is 5.11. The molecule has 1 aromatic rings. The van der Waals surface area contributed by atoms with Crippen molar-refractivity contribution < 1.29 is 14.3 Å². The van der Waals surface area contributed by atoms with Gasteiger partial charge in [-0.15, -0.1) is 0 Å². The molecule has 1 aliphatic heterocycles. The van der Waals surface area contributed by atoms with Gasteiger partial charge in [-0.2, -0.15) is 0 Å². The topological polar surface area (TPSA) is 43.4 Å². The number of ether oxygens (including phenoxy) is 1. The largest absolute Gasteiger partial charge is 0.459 e. The lowest BCUT2D eigenvalue weighted by Crippen LogP contribution is -2.19. The van der Waals surface area contributed by atoms with E-state index in [9.17, 15) is 9.59 Å². The van der Waals surface area contributed by atoms with Gasteiger partial charge in [-0.25, -0.2) is 4.79 Å². The monoisotopic (exact) mass is 270 g/mol. The minimum atomic E-state index is -0.301. The summed E-state index contributed by atoms with van der Waals surface area (Å²) in [4.78, 5) is 22.7. The Kier molecular flexibility index (Phi) is 5.30. The van der Waals surface area contributed by atoms with Crippen LogP contribution in [0.25, 0.3) is 0 Å². The van der Waals surface area contributed by atoms with Crippen molar-refractivity contribution in [1.29, 1.82) is 0 Å². The van der Waals surface area contributed by atoms with Crippen LogP contribution in [0.1, 0.15) is 24.8 Å². The maximum atomic E-state index is 11.7. The van der Waals surface area contributed by atoms with Crippen molar-refractivity contribution in [2.24, 2.45) is 0 Å². The molecule has 0 aliphatic carbocycles. The van der Waals surface area contributed by atoms with Crippen LogP contribution in [-0.4, -0.2) is 17.9 Å². The van der Waals surface area contributed by atoms with Crippen LogP contribution in [0.4, 0.5) is 0 Å². The van der Waals surface area contributed by atoms with E-state index in [2.05, 4.69) is 0 Å². The minimum Gasteiger partial charge on any atom is -0.459 e. The molecule has 104 valence electrons. The first kappa shape index (κ1) is 14.3. The van der Waals surface area contributed by atoms with E-state index in [0.717, 1.165) is 6.42 Å². The van der Waals surface area contributed by atoms with Gasteiger partial charge in [0.05, 0.1) is 0 Å². The quantitative estimate of drug-likeness (QED) is 0.589. The number of carbonyl (C=O) groups is 2. The number of cyclic esters (lactones) is 1. The van der Waals surface area contributed by atoms with Gasteiger partial charge in [0.25, 0.3) is 0 Å². The first-order valence-electron chi connectivity index (χ1n) is 6.84. The molecule has 0 amide bonds. The summed E-state index contributed by atoms with van der Waals surface area (Å²) in [6.45, 7) is 0. The second kappa shape index (κ2) is 7.43. The van der Waals surface area contributed by atoms with Gasteiger partial charge in [0.1, 0.15) is 6.10 Å². The summed E-state index contributed by atoms with van der Waals surface area (Å²) in [5, 5.41) is 0. The minimum absolute atomic E-state index is 0.103. The van der Waals surface area contributed by atoms with Crippen LogP contribution in [0.5, 0.6) is 0 Å². The molecule has 20 heavy (non-hydrogen) atoms. The molecule has 1 aromatic carbocycles. The van der Waals surface area contributed by atoms with Gasteiger partial charge in [-0.05, 0) is 18.1 Å². The predicted octanol–water partition coefficient (Wildman–Crippen LogP) is 3.01. The molecule has 3 heteroatoms. The molecule has 0 N–H and O–H groups in total.